The third kappa shape index (κ3) is 7.15. The highest BCUT2D eigenvalue weighted by atomic mass is 35.5. The van der Waals surface area contributed by atoms with Gasteiger partial charge in [-0.1, -0.05) is 41.9 Å². The fourth-order valence-corrected chi connectivity index (χ4v) is 3.06. The van der Waals surface area contributed by atoms with Crippen LogP contribution in [-0.4, -0.2) is 23.4 Å². The van der Waals surface area contributed by atoms with Crippen molar-refractivity contribution >= 4 is 23.4 Å². The van der Waals surface area contributed by atoms with Gasteiger partial charge in [0.1, 0.15) is 5.75 Å². The van der Waals surface area contributed by atoms with Gasteiger partial charge in [0, 0.05) is 29.8 Å². The van der Waals surface area contributed by atoms with Crippen molar-refractivity contribution in [1.29, 1.82) is 0 Å². The molecule has 0 saturated heterocycles. The molecule has 2 N–H and O–H groups in total. The lowest BCUT2D eigenvalue weighted by Crippen LogP contribution is -2.41. The van der Waals surface area contributed by atoms with E-state index in [0.29, 0.717) is 36.1 Å². The molecule has 0 aliphatic rings. The molecular formula is C23H24ClN3O4. The van der Waals surface area contributed by atoms with E-state index in [1.807, 2.05) is 43.3 Å². The van der Waals surface area contributed by atoms with Crippen molar-refractivity contribution in [2.45, 2.75) is 32.6 Å². The van der Waals surface area contributed by atoms with Crippen molar-refractivity contribution in [3.8, 4) is 17.1 Å². The highest BCUT2D eigenvalue weighted by molar-refractivity contribution is 6.30. The number of ether oxygens (including phenoxy) is 1. The molecule has 0 spiro atoms. The minimum absolute atomic E-state index is 0.147. The molecule has 1 aromatic heterocycles. The van der Waals surface area contributed by atoms with Gasteiger partial charge in [-0.15, -0.1) is 0 Å². The second-order valence-electron chi connectivity index (χ2n) is 6.94. The molecule has 31 heavy (non-hydrogen) atoms. The van der Waals surface area contributed by atoms with Crippen LogP contribution < -0.4 is 15.6 Å². The van der Waals surface area contributed by atoms with Gasteiger partial charge in [0.05, 0.1) is 12.8 Å². The first-order chi connectivity index (χ1) is 15.0. The number of nitrogens with zero attached hydrogens (tertiary/aromatic N) is 1. The monoisotopic (exact) mass is 441 g/mol. The van der Waals surface area contributed by atoms with Crippen LogP contribution in [0.5, 0.6) is 5.75 Å². The Morgan fingerprint density at radius 2 is 1.81 bits per heavy atom. The lowest BCUT2D eigenvalue weighted by molar-refractivity contribution is -0.129. The number of nitrogens with one attached hydrogen (secondary N) is 2. The number of rotatable bonds is 9. The predicted molar refractivity (Wildman–Crippen MR) is 117 cm³/mol. The van der Waals surface area contributed by atoms with Gasteiger partial charge in [-0.2, -0.15) is 0 Å². The Morgan fingerprint density at radius 3 is 2.55 bits per heavy atom. The van der Waals surface area contributed by atoms with Gasteiger partial charge in [-0.25, -0.2) is 4.98 Å². The molecule has 0 fully saturated rings. The Balaban J connectivity index is 1.30. The van der Waals surface area contributed by atoms with E-state index in [2.05, 4.69) is 15.8 Å². The zero-order valence-corrected chi connectivity index (χ0v) is 17.9. The van der Waals surface area contributed by atoms with E-state index in [4.69, 9.17) is 20.8 Å². The Kier molecular flexibility index (Phi) is 8.06. The fraction of sp³-hybridized carbons (Fsp3) is 0.261. The molecule has 1 heterocycles. The Morgan fingerprint density at radius 1 is 1.06 bits per heavy atom. The lowest BCUT2D eigenvalue weighted by Gasteiger charge is -2.10. The molecule has 3 aromatic rings. The first-order valence-corrected chi connectivity index (χ1v) is 10.4. The van der Waals surface area contributed by atoms with Crippen molar-refractivity contribution in [3.63, 3.8) is 0 Å². The topological polar surface area (TPSA) is 93.5 Å². The summed E-state index contributed by atoms with van der Waals surface area (Å²) in [6, 6.07) is 15.0. The second kappa shape index (κ2) is 11.2. The van der Waals surface area contributed by atoms with Gasteiger partial charge < -0.3 is 9.15 Å². The van der Waals surface area contributed by atoms with Crippen LogP contribution in [0.4, 0.5) is 0 Å². The molecule has 0 aliphatic heterocycles. The van der Waals surface area contributed by atoms with Crippen molar-refractivity contribution < 1.29 is 18.7 Å². The van der Waals surface area contributed by atoms with Crippen molar-refractivity contribution in [3.05, 3.63) is 71.2 Å². The van der Waals surface area contributed by atoms with E-state index in [1.165, 1.54) is 0 Å². The largest absolute Gasteiger partial charge is 0.493 e. The van der Waals surface area contributed by atoms with Crippen LogP contribution in [0, 0.1) is 6.92 Å². The molecule has 162 valence electrons. The van der Waals surface area contributed by atoms with Gasteiger partial charge >= 0.3 is 0 Å². The number of halogens is 1. The standard InChI is InChI=1S/C23H24ClN3O4/c1-16-14-18(24)9-10-19(16)30-13-5-8-21(28)26-27-22(29)11-12-23-25-15-20(31-23)17-6-3-2-4-7-17/h2-4,6-7,9-10,14-15H,5,8,11-13H2,1H3,(H,26,28)(H,27,29). The normalized spacial score (nSPS) is 10.5. The molecule has 0 unspecified atom stereocenters. The van der Waals surface area contributed by atoms with E-state index in [-0.39, 0.29) is 24.7 Å². The maximum Gasteiger partial charge on any atom is 0.238 e. The highest BCUT2D eigenvalue weighted by Gasteiger charge is 2.10. The molecular weight excluding hydrogens is 418 g/mol. The summed E-state index contributed by atoms with van der Waals surface area (Å²) in [5.41, 5.74) is 6.67. The predicted octanol–water partition coefficient (Wildman–Crippen LogP) is 4.24. The Bertz CT molecular complexity index is 1020. The summed E-state index contributed by atoms with van der Waals surface area (Å²) in [6.45, 7) is 2.29. The van der Waals surface area contributed by atoms with Gasteiger partial charge in [0.2, 0.25) is 11.8 Å². The average Bonchev–Trinajstić information content (AvgIpc) is 3.25. The number of amides is 2. The molecule has 0 aliphatic carbocycles. The third-order valence-electron chi connectivity index (χ3n) is 4.46. The second-order valence-corrected chi connectivity index (χ2v) is 7.38. The molecule has 7 nitrogen and oxygen atoms in total. The highest BCUT2D eigenvalue weighted by Crippen LogP contribution is 2.22. The van der Waals surface area contributed by atoms with E-state index >= 15 is 0 Å². The number of benzene rings is 2. The number of oxazole rings is 1. The third-order valence-corrected chi connectivity index (χ3v) is 4.70. The molecule has 8 heteroatoms. The zero-order valence-electron chi connectivity index (χ0n) is 17.2. The summed E-state index contributed by atoms with van der Waals surface area (Å²) in [6.07, 6.45) is 2.87. The zero-order chi connectivity index (χ0) is 22.1. The molecule has 0 radical (unpaired) electrons. The summed E-state index contributed by atoms with van der Waals surface area (Å²) in [5, 5.41) is 0.652. The molecule has 2 aromatic carbocycles. The molecule has 3 rings (SSSR count). The smallest absolute Gasteiger partial charge is 0.238 e. The summed E-state index contributed by atoms with van der Waals surface area (Å²) < 4.78 is 11.3. The minimum Gasteiger partial charge on any atom is -0.493 e. The van der Waals surface area contributed by atoms with Crippen LogP contribution in [-0.2, 0) is 16.0 Å². The number of hydrogen-bond acceptors (Lipinski definition) is 5. The first-order valence-electron chi connectivity index (χ1n) is 9.98. The van der Waals surface area contributed by atoms with Crippen LogP contribution in [0.25, 0.3) is 11.3 Å². The Hall–Kier alpha value is -3.32. The number of carbonyl (C=O) groups excluding carboxylic acids is 2. The van der Waals surface area contributed by atoms with Crippen LogP contribution in [0.2, 0.25) is 5.02 Å². The number of hydrogen-bond donors (Lipinski definition) is 2. The van der Waals surface area contributed by atoms with Crippen LogP contribution >= 0.6 is 11.6 Å². The Labute approximate surface area is 185 Å². The van der Waals surface area contributed by atoms with Crippen molar-refractivity contribution in [2.24, 2.45) is 0 Å². The quantitative estimate of drug-likeness (QED) is 0.382. The molecule has 0 saturated carbocycles. The van der Waals surface area contributed by atoms with Crippen molar-refractivity contribution in [1.82, 2.24) is 15.8 Å². The SMILES string of the molecule is Cc1cc(Cl)ccc1OCCCC(=O)NNC(=O)CCc1ncc(-c2ccccc2)o1. The number of carbonyl (C=O) groups is 2. The number of aromatic nitrogens is 1. The van der Waals surface area contributed by atoms with Crippen LogP contribution in [0.15, 0.2) is 59.1 Å². The summed E-state index contributed by atoms with van der Waals surface area (Å²) >= 11 is 5.91. The van der Waals surface area contributed by atoms with E-state index in [1.54, 1.807) is 18.3 Å². The van der Waals surface area contributed by atoms with E-state index in [0.717, 1.165) is 16.9 Å². The lowest BCUT2D eigenvalue weighted by atomic mass is 10.2. The number of aryl methyl sites for hydroxylation is 2. The maximum absolute atomic E-state index is 11.9. The average molecular weight is 442 g/mol. The summed E-state index contributed by atoms with van der Waals surface area (Å²) in [5.74, 6) is 1.25. The summed E-state index contributed by atoms with van der Waals surface area (Å²) in [7, 11) is 0. The van der Waals surface area contributed by atoms with Gasteiger partial charge in [-0.05, 0) is 37.1 Å². The van der Waals surface area contributed by atoms with Gasteiger partial charge in [0.15, 0.2) is 11.7 Å². The fourth-order valence-electron chi connectivity index (χ4n) is 2.84. The van der Waals surface area contributed by atoms with Crippen LogP contribution in [0.3, 0.4) is 0 Å². The van der Waals surface area contributed by atoms with E-state index in [9.17, 15) is 9.59 Å². The maximum atomic E-state index is 11.9. The van der Waals surface area contributed by atoms with Crippen molar-refractivity contribution in [2.75, 3.05) is 6.61 Å². The minimum atomic E-state index is -0.319. The van der Waals surface area contributed by atoms with E-state index < -0.39 is 0 Å². The van der Waals surface area contributed by atoms with Gasteiger partial charge in [-0.3, -0.25) is 20.4 Å². The molecule has 0 atom stereocenters. The van der Waals surface area contributed by atoms with Crippen LogP contribution in [0.1, 0.15) is 30.7 Å². The summed E-state index contributed by atoms with van der Waals surface area (Å²) in [4.78, 5) is 28.0. The molecule has 2 amide bonds. The molecule has 0 bridgehead atoms. The van der Waals surface area contributed by atoms with Gasteiger partial charge in [0.25, 0.3) is 0 Å². The number of hydrazine groups is 1. The first kappa shape index (κ1) is 22.4.